The van der Waals surface area contributed by atoms with Gasteiger partial charge >= 0.3 is 5.69 Å². The van der Waals surface area contributed by atoms with Crippen molar-refractivity contribution in [2.75, 3.05) is 0 Å². The van der Waals surface area contributed by atoms with Crippen molar-refractivity contribution in [3.63, 3.8) is 0 Å². The van der Waals surface area contributed by atoms with Gasteiger partial charge in [-0.25, -0.2) is 9.18 Å². The lowest BCUT2D eigenvalue weighted by Crippen LogP contribution is -2.46. The highest BCUT2D eigenvalue weighted by molar-refractivity contribution is 6.30. The summed E-state index contributed by atoms with van der Waals surface area (Å²) >= 11 is 5.94. The number of hydrogen-bond acceptors (Lipinski definition) is 5. The van der Waals surface area contributed by atoms with E-state index < -0.39 is 28.7 Å². The van der Waals surface area contributed by atoms with Crippen LogP contribution in [-0.2, 0) is 13.1 Å². The molecule has 0 fully saturated rings. The molecule has 33 heavy (non-hydrogen) atoms. The molecule has 0 atom stereocenters. The zero-order valence-corrected chi connectivity index (χ0v) is 17.9. The Morgan fingerprint density at radius 1 is 1.00 bits per heavy atom. The van der Waals surface area contributed by atoms with E-state index in [2.05, 4.69) is 15.4 Å². The number of carbonyl (C=O) groups is 1. The first kappa shape index (κ1) is 22.1. The van der Waals surface area contributed by atoms with Gasteiger partial charge in [0.1, 0.15) is 5.82 Å². The molecule has 1 amide bonds. The molecule has 0 saturated heterocycles. The van der Waals surface area contributed by atoms with Crippen LogP contribution in [0.2, 0.25) is 5.02 Å². The summed E-state index contributed by atoms with van der Waals surface area (Å²) in [6.45, 7) is -0.0528. The van der Waals surface area contributed by atoms with E-state index in [4.69, 9.17) is 11.6 Å². The average Bonchev–Trinajstić information content (AvgIpc) is 2.83. The summed E-state index contributed by atoms with van der Waals surface area (Å²) in [5, 5.41) is 7.08. The van der Waals surface area contributed by atoms with Crippen molar-refractivity contribution in [2.24, 2.45) is 0 Å². The number of pyridine rings is 1. The van der Waals surface area contributed by atoms with Gasteiger partial charge in [-0.1, -0.05) is 29.8 Å². The van der Waals surface area contributed by atoms with Gasteiger partial charge in [0.15, 0.2) is 0 Å². The Kier molecular flexibility index (Phi) is 6.41. The Morgan fingerprint density at radius 3 is 2.39 bits per heavy atom. The third kappa shape index (κ3) is 5.04. The maximum atomic E-state index is 13.1. The normalized spacial score (nSPS) is 10.7. The second kappa shape index (κ2) is 9.58. The summed E-state index contributed by atoms with van der Waals surface area (Å²) in [6, 6.07) is 15.2. The highest BCUT2D eigenvalue weighted by Gasteiger charge is 2.20. The van der Waals surface area contributed by atoms with Crippen molar-refractivity contribution in [3.05, 3.63) is 122 Å². The summed E-state index contributed by atoms with van der Waals surface area (Å²) in [6.07, 6.45) is 3.09. The molecule has 2 heterocycles. The number of nitrogens with zero attached hydrogens (tertiary/aromatic N) is 4. The van der Waals surface area contributed by atoms with Crippen molar-refractivity contribution in [3.8, 4) is 5.69 Å². The molecule has 166 valence electrons. The smallest absolute Gasteiger partial charge is 0.346 e. The summed E-state index contributed by atoms with van der Waals surface area (Å²) < 4.78 is 15.0. The van der Waals surface area contributed by atoms with Gasteiger partial charge in [0.05, 0.1) is 12.2 Å². The molecular formula is C23H17ClFN5O3. The van der Waals surface area contributed by atoms with Crippen LogP contribution in [0, 0.1) is 5.82 Å². The average molecular weight is 466 g/mol. The predicted octanol–water partition coefficient (Wildman–Crippen LogP) is 2.56. The summed E-state index contributed by atoms with van der Waals surface area (Å²) in [5.74, 6) is -1.17. The summed E-state index contributed by atoms with van der Waals surface area (Å²) in [7, 11) is 0. The Balaban J connectivity index is 1.75. The maximum Gasteiger partial charge on any atom is 0.352 e. The first-order valence-corrected chi connectivity index (χ1v) is 10.2. The Morgan fingerprint density at radius 2 is 1.73 bits per heavy atom. The lowest BCUT2D eigenvalue weighted by atomic mass is 10.2. The largest absolute Gasteiger partial charge is 0.352 e. The first-order chi connectivity index (χ1) is 15.9. The van der Waals surface area contributed by atoms with Crippen molar-refractivity contribution in [1.82, 2.24) is 24.6 Å². The maximum absolute atomic E-state index is 13.1. The number of hydrogen-bond donors (Lipinski definition) is 1. The monoisotopic (exact) mass is 465 g/mol. The Hall–Kier alpha value is -4.11. The third-order valence-electron chi connectivity index (χ3n) is 4.78. The number of amides is 1. The molecule has 4 rings (SSSR count). The zero-order valence-electron chi connectivity index (χ0n) is 17.1. The van der Waals surface area contributed by atoms with Gasteiger partial charge in [-0.05, 0) is 53.6 Å². The molecule has 0 bridgehead atoms. The summed E-state index contributed by atoms with van der Waals surface area (Å²) in [4.78, 5) is 43.0. The molecule has 0 spiro atoms. The fourth-order valence-electron chi connectivity index (χ4n) is 3.09. The highest BCUT2D eigenvalue weighted by Crippen LogP contribution is 2.11. The third-order valence-corrected chi connectivity index (χ3v) is 5.03. The minimum absolute atomic E-state index is 0.0446. The number of halogens is 2. The molecule has 4 aromatic rings. The van der Waals surface area contributed by atoms with E-state index in [1.165, 1.54) is 30.5 Å². The van der Waals surface area contributed by atoms with Gasteiger partial charge in [0.25, 0.3) is 11.5 Å². The van der Waals surface area contributed by atoms with Crippen LogP contribution < -0.4 is 16.6 Å². The van der Waals surface area contributed by atoms with Gasteiger partial charge in [-0.15, -0.1) is 0 Å². The zero-order chi connectivity index (χ0) is 23.4. The molecule has 2 aromatic carbocycles. The van der Waals surface area contributed by atoms with Gasteiger partial charge < -0.3 is 5.32 Å². The second-order valence-corrected chi connectivity index (χ2v) is 7.52. The number of nitrogens with one attached hydrogen (secondary N) is 1. The molecule has 8 nitrogen and oxygen atoms in total. The lowest BCUT2D eigenvalue weighted by Gasteiger charge is -2.12. The molecule has 0 aliphatic rings. The van der Waals surface area contributed by atoms with E-state index in [0.29, 0.717) is 21.8 Å². The molecule has 0 saturated carbocycles. The molecular weight excluding hydrogens is 449 g/mol. The fraction of sp³-hybridized carbons (Fsp3) is 0.0870. The number of aromatic nitrogens is 4. The first-order valence-electron chi connectivity index (χ1n) is 9.84. The summed E-state index contributed by atoms with van der Waals surface area (Å²) in [5.41, 5.74) is -0.464. The van der Waals surface area contributed by atoms with E-state index in [-0.39, 0.29) is 13.1 Å². The van der Waals surface area contributed by atoms with Crippen molar-refractivity contribution in [2.45, 2.75) is 13.1 Å². The minimum Gasteiger partial charge on any atom is -0.346 e. The van der Waals surface area contributed by atoms with Crippen LogP contribution in [0.25, 0.3) is 5.69 Å². The van der Waals surface area contributed by atoms with Gasteiger partial charge in [-0.3, -0.25) is 19.1 Å². The number of benzene rings is 2. The van der Waals surface area contributed by atoms with Crippen LogP contribution in [0.3, 0.4) is 0 Å². The van der Waals surface area contributed by atoms with E-state index in [1.807, 2.05) is 0 Å². The van der Waals surface area contributed by atoms with Crippen molar-refractivity contribution >= 4 is 17.5 Å². The number of carbonyl (C=O) groups excluding carboxylic acids is 1. The quantitative estimate of drug-likeness (QED) is 0.472. The van der Waals surface area contributed by atoms with E-state index in [9.17, 15) is 18.8 Å². The lowest BCUT2D eigenvalue weighted by molar-refractivity contribution is 0.0941. The fourth-order valence-corrected chi connectivity index (χ4v) is 3.22. The van der Waals surface area contributed by atoms with Crippen LogP contribution >= 0.6 is 11.6 Å². The standard InChI is InChI=1S/C23H17ClFN5O3/c24-17-5-9-19(10-6-17)30-23(33)29(14-16-2-1-11-26-12-16)22(32)20(28-30)21(31)27-13-15-3-7-18(25)8-4-15/h1-12H,13-14H2,(H,27,31). The van der Waals surface area contributed by atoms with Crippen LogP contribution in [0.4, 0.5) is 4.39 Å². The molecule has 0 radical (unpaired) electrons. The van der Waals surface area contributed by atoms with Crippen LogP contribution in [0.1, 0.15) is 21.6 Å². The van der Waals surface area contributed by atoms with Crippen LogP contribution in [-0.4, -0.2) is 25.2 Å². The molecule has 10 heteroatoms. The van der Waals surface area contributed by atoms with Gasteiger partial charge in [0.2, 0.25) is 5.69 Å². The van der Waals surface area contributed by atoms with Crippen LogP contribution in [0.5, 0.6) is 0 Å². The second-order valence-electron chi connectivity index (χ2n) is 7.08. The van der Waals surface area contributed by atoms with E-state index >= 15 is 0 Å². The van der Waals surface area contributed by atoms with Gasteiger partial charge in [0, 0.05) is 24.0 Å². The van der Waals surface area contributed by atoms with Gasteiger partial charge in [-0.2, -0.15) is 9.78 Å². The Bertz CT molecular complexity index is 1400. The molecule has 2 aromatic heterocycles. The molecule has 0 aliphatic carbocycles. The van der Waals surface area contributed by atoms with Crippen molar-refractivity contribution < 1.29 is 9.18 Å². The minimum atomic E-state index is -0.842. The van der Waals surface area contributed by atoms with E-state index in [0.717, 1.165) is 9.25 Å². The Labute approximate surface area is 191 Å². The van der Waals surface area contributed by atoms with Crippen LogP contribution in [0.15, 0.2) is 82.6 Å². The highest BCUT2D eigenvalue weighted by atomic mass is 35.5. The molecule has 1 N–H and O–H groups in total. The predicted molar refractivity (Wildman–Crippen MR) is 120 cm³/mol. The SMILES string of the molecule is O=C(NCc1ccc(F)cc1)c1nn(-c2ccc(Cl)cc2)c(=O)n(Cc2cccnc2)c1=O. The number of rotatable bonds is 6. The topological polar surface area (TPSA) is 98.9 Å². The van der Waals surface area contributed by atoms with Crippen molar-refractivity contribution in [1.29, 1.82) is 0 Å². The molecule has 0 unspecified atom stereocenters. The molecule has 0 aliphatic heterocycles. The van der Waals surface area contributed by atoms with E-state index in [1.54, 1.807) is 42.6 Å².